The number of likely N-dealkylation sites (N-methyl/N-ethyl adjacent to an activating group) is 1. The summed E-state index contributed by atoms with van der Waals surface area (Å²) in [6, 6.07) is 14.2. The second kappa shape index (κ2) is 7.63. The quantitative estimate of drug-likeness (QED) is 0.511. The van der Waals surface area contributed by atoms with E-state index in [0.29, 0.717) is 24.5 Å². The first-order valence-corrected chi connectivity index (χ1v) is 10.3. The highest BCUT2D eigenvalue weighted by Gasteiger charge is 2.32. The fourth-order valence-corrected chi connectivity index (χ4v) is 4.05. The number of rotatable bonds is 3. The number of hydrogen-bond acceptors (Lipinski definition) is 6. The van der Waals surface area contributed by atoms with Crippen LogP contribution < -0.4 is 0 Å². The number of hydrogen-bond donors (Lipinski definition) is 0. The van der Waals surface area contributed by atoms with E-state index in [-0.39, 0.29) is 11.9 Å². The minimum Gasteiger partial charge on any atom is -0.361 e. The zero-order valence-electron chi connectivity index (χ0n) is 17.8. The number of nitrogens with zero attached hydrogens (tertiary/aromatic N) is 6. The third kappa shape index (κ3) is 3.59. The Labute approximate surface area is 180 Å². The number of carbonyl (C=O) groups excluding carboxylic acids is 1. The molecule has 0 saturated carbocycles. The predicted octanol–water partition coefficient (Wildman–Crippen LogP) is 3.13. The molecule has 4 heterocycles. The molecule has 1 aliphatic heterocycles. The van der Waals surface area contributed by atoms with Crippen LogP contribution in [0.15, 0.2) is 53.2 Å². The number of fused-ring (bicyclic) bond motifs is 1. The summed E-state index contributed by atoms with van der Waals surface area (Å²) < 4.78 is 6.89. The summed E-state index contributed by atoms with van der Waals surface area (Å²) in [5, 5.41) is 12.7. The summed E-state index contributed by atoms with van der Waals surface area (Å²) in [7, 11) is 2.05. The van der Waals surface area contributed by atoms with Gasteiger partial charge >= 0.3 is 0 Å². The number of benzene rings is 1. The van der Waals surface area contributed by atoms with Gasteiger partial charge in [-0.1, -0.05) is 46.3 Å². The van der Waals surface area contributed by atoms with Crippen molar-refractivity contribution in [3.63, 3.8) is 0 Å². The van der Waals surface area contributed by atoms with E-state index in [4.69, 9.17) is 4.52 Å². The maximum Gasteiger partial charge on any atom is 0.276 e. The fourth-order valence-electron chi connectivity index (χ4n) is 4.05. The predicted molar refractivity (Wildman–Crippen MR) is 116 cm³/mol. The summed E-state index contributed by atoms with van der Waals surface area (Å²) in [5.41, 5.74) is 5.61. The average molecular weight is 416 g/mol. The lowest BCUT2D eigenvalue weighted by molar-refractivity contribution is 0.0532. The van der Waals surface area contributed by atoms with Crippen molar-refractivity contribution in [2.45, 2.75) is 19.9 Å². The summed E-state index contributed by atoms with van der Waals surface area (Å²) in [6.07, 6.45) is 2.00. The number of piperazine rings is 1. The molecule has 3 aromatic heterocycles. The van der Waals surface area contributed by atoms with Crippen molar-refractivity contribution < 1.29 is 9.32 Å². The van der Waals surface area contributed by atoms with Gasteiger partial charge in [-0.2, -0.15) is 0 Å². The van der Waals surface area contributed by atoms with Crippen LogP contribution >= 0.6 is 0 Å². The van der Waals surface area contributed by atoms with Gasteiger partial charge in [-0.05, 0) is 32.5 Å². The van der Waals surface area contributed by atoms with E-state index < -0.39 is 0 Å². The van der Waals surface area contributed by atoms with Crippen LogP contribution in [0.4, 0.5) is 0 Å². The fraction of sp³-hybridized carbons (Fsp3) is 0.304. The summed E-state index contributed by atoms with van der Waals surface area (Å²) >= 11 is 0. The largest absolute Gasteiger partial charge is 0.361 e. The minimum absolute atomic E-state index is 0.0478. The molecule has 31 heavy (non-hydrogen) atoms. The lowest BCUT2D eigenvalue weighted by Gasteiger charge is -2.38. The van der Waals surface area contributed by atoms with Gasteiger partial charge in [0.1, 0.15) is 11.5 Å². The van der Waals surface area contributed by atoms with Crippen LogP contribution in [0.5, 0.6) is 0 Å². The molecule has 0 bridgehead atoms. The van der Waals surface area contributed by atoms with Crippen molar-refractivity contribution in [1.82, 2.24) is 29.8 Å². The van der Waals surface area contributed by atoms with Gasteiger partial charge in [-0.15, -0.1) is 5.10 Å². The lowest BCUT2D eigenvalue weighted by atomic mass is 10.0. The molecular weight excluding hydrogens is 392 g/mol. The summed E-state index contributed by atoms with van der Waals surface area (Å²) in [6.45, 7) is 5.76. The summed E-state index contributed by atoms with van der Waals surface area (Å²) in [5.74, 6) is 0.510. The number of pyridine rings is 1. The zero-order valence-corrected chi connectivity index (χ0v) is 17.8. The molecule has 0 spiro atoms. The molecule has 1 atom stereocenters. The standard InChI is InChI=1S/C23H24N6O2/c1-15-4-6-17(7-5-15)18-8-9-20-22(24-26-29(20)13-18)21-14-28(11-10-27(21)3)23(30)19-12-16(2)31-25-19/h4-9,12-13,21H,10-11,14H2,1-3H3/t21-/m0/s1. The maximum absolute atomic E-state index is 12.9. The van der Waals surface area contributed by atoms with Crippen LogP contribution in [-0.2, 0) is 0 Å². The Morgan fingerprint density at radius 1 is 1.06 bits per heavy atom. The molecule has 1 amide bonds. The molecule has 4 aromatic rings. The first-order valence-electron chi connectivity index (χ1n) is 10.3. The highest BCUT2D eigenvalue weighted by Crippen LogP contribution is 2.28. The molecule has 0 aliphatic carbocycles. The van der Waals surface area contributed by atoms with Gasteiger partial charge in [0.25, 0.3) is 5.91 Å². The second-order valence-electron chi connectivity index (χ2n) is 8.16. The zero-order chi connectivity index (χ0) is 21.5. The number of aryl methyl sites for hydroxylation is 2. The van der Waals surface area contributed by atoms with Crippen LogP contribution in [-0.4, -0.2) is 62.4 Å². The van der Waals surface area contributed by atoms with E-state index in [2.05, 4.69) is 70.7 Å². The Balaban J connectivity index is 1.43. The highest BCUT2D eigenvalue weighted by molar-refractivity contribution is 5.92. The van der Waals surface area contributed by atoms with Gasteiger partial charge in [0.2, 0.25) is 0 Å². The molecule has 1 fully saturated rings. The number of carbonyl (C=O) groups is 1. The molecule has 1 saturated heterocycles. The molecule has 5 rings (SSSR count). The van der Waals surface area contributed by atoms with Crippen molar-refractivity contribution in [2.24, 2.45) is 0 Å². The average Bonchev–Trinajstić information content (AvgIpc) is 3.40. The molecule has 0 radical (unpaired) electrons. The van der Waals surface area contributed by atoms with Crippen LogP contribution in [0.3, 0.4) is 0 Å². The topological polar surface area (TPSA) is 79.8 Å². The van der Waals surface area contributed by atoms with Gasteiger partial charge in [-0.3, -0.25) is 9.69 Å². The Bertz CT molecular complexity index is 1240. The molecule has 0 unspecified atom stereocenters. The van der Waals surface area contributed by atoms with Crippen LogP contribution in [0.2, 0.25) is 0 Å². The molecule has 158 valence electrons. The molecule has 1 aromatic carbocycles. The Morgan fingerprint density at radius 3 is 2.58 bits per heavy atom. The number of amides is 1. The van der Waals surface area contributed by atoms with Crippen molar-refractivity contribution >= 4 is 11.4 Å². The SMILES string of the molecule is Cc1ccc(-c2ccc3c([C@@H]4CN(C(=O)c5cc(C)on5)CCN4C)nnn3c2)cc1. The molecule has 1 aliphatic rings. The molecule has 8 heteroatoms. The van der Waals surface area contributed by atoms with Crippen molar-refractivity contribution in [2.75, 3.05) is 26.7 Å². The highest BCUT2D eigenvalue weighted by atomic mass is 16.5. The van der Waals surface area contributed by atoms with Crippen LogP contribution in [0.25, 0.3) is 16.6 Å². The Hall–Kier alpha value is -3.52. The second-order valence-corrected chi connectivity index (χ2v) is 8.16. The van der Waals surface area contributed by atoms with E-state index in [1.807, 2.05) is 15.6 Å². The van der Waals surface area contributed by atoms with Crippen LogP contribution in [0, 0.1) is 13.8 Å². The van der Waals surface area contributed by atoms with Gasteiger partial charge in [0.05, 0.1) is 11.6 Å². The van der Waals surface area contributed by atoms with E-state index >= 15 is 0 Å². The Morgan fingerprint density at radius 2 is 1.84 bits per heavy atom. The van der Waals surface area contributed by atoms with E-state index in [9.17, 15) is 4.79 Å². The first kappa shape index (κ1) is 19.4. The third-order valence-electron chi connectivity index (χ3n) is 5.92. The van der Waals surface area contributed by atoms with Crippen molar-refractivity contribution in [1.29, 1.82) is 0 Å². The van der Waals surface area contributed by atoms with E-state index in [0.717, 1.165) is 28.9 Å². The van der Waals surface area contributed by atoms with Crippen molar-refractivity contribution in [3.05, 3.63) is 71.4 Å². The normalized spacial score (nSPS) is 17.4. The van der Waals surface area contributed by atoms with Gasteiger partial charge in [-0.25, -0.2) is 4.52 Å². The Kier molecular flexibility index (Phi) is 4.78. The van der Waals surface area contributed by atoms with Gasteiger partial charge < -0.3 is 9.42 Å². The minimum atomic E-state index is -0.118. The maximum atomic E-state index is 12.9. The third-order valence-corrected chi connectivity index (χ3v) is 5.92. The molecular formula is C23H24N6O2. The van der Waals surface area contributed by atoms with Crippen molar-refractivity contribution in [3.8, 4) is 11.1 Å². The summed E-state index contributed by atoms with van der Waals surface area (Å²) in [4.78, 5) is 16.9. The smallest absolute Gasteiger partial charge is 0.276 e. The monoisotopic (exact) mass is 416 g/mol. The number of aromatic nitrogens is 4. The van der Waals surface area contributed by atoms with E-state index in [1.165, 1.54) is 5.56 Å². The van der Waals surface area contributed by atoms with Gasteiger partial charge in [0, 0.05) is 37.5 Å². The first-order chi connectivity index (χ1) is 15.0. The van der Waals surface area contributed by atoms with Crippen LogP contribution in [0.1, 0.15) is 33.5 Å². The van der Waals surface area contributed by atoms with Gasteiger partial charge in [0.15, 0.2) is 5.69 Å². The molecule has 8 nitrogen and oxygen atoms in total. The lowest BCUT2D eigenvalue weighted by Crippen LogP contribution is -2.49. The van der Waals surface area contributed by atoms with E-state index in [1.54, 1.807) is 13.0 Å². The molecule has 0 N–H and O–H groups in total.